The van der Waals surface area contributed by atoms with Gasteiger partial charge in [0.05, 0.1) is 18.5 Å². The van der Waals surface area contributed by atoms with Crippen molar-refractivity contribution in [2.45, 2.75) is 38.3 Å². The average molecular weight is 557 g/mol. The maximum absolute atomic E-state index is 10.6. The van der Waals surface area contributed by atoms with Gasteiger partial charge < -0.3 is 24.4 Å². The van der Waals surface area contributed by atoms with E-state index in [0.29, 0.717) is 12.7 Å². The van der Waals surface area contributed by atoms with Crippen molar-refractivity contribution in [3.05, 3.63) is 41.2 Å². The predicted octanol–water partition coefficient (Wildman–Crippen LogP) is 3.55. The highest BCUT2D eigenvalue weighted by Gasteiger charge is 2.39. The number of carbonyl (C=O) groups is 2. The van der Waals surface area contributed by atoms with E-state index in [1.54, 1.807) is 0 Å². The molecule has 0 amide bonds. The molecule has 0 spiro atoms. The number of ether oxygens (including phenoxy) is 3. The van der Waals surface area contributed by atoms with Crippen molar-refractivity contribution >= 4 is 11.9 Å². The lowest BCUT2D eigenvalue weighted by Gasteiger charge is -2.33. The zero-order chi connectivity index (χ0) is 28.7. The molecular formula is C22H25F6N3O7. The molecular weight excluding hydrogens is 532 g/mol. The minimum atomic E-state index is -5.08. The molecule has 0 fully saturated rings. The van der Waals surface area contributed by atoms with Crippen LogP contribution in [0.15, 0.2) is 24.4 Å². The first kappa shape index (κ1) is 30.7. The summed E-state index contributed by atoms with van der Waals surface area (Å²) in [4.78, 5) is 20.2. The van der Waals surface area contributed by atoms with Gasteiger partial charge in [0.15, 0.2) is 11.5 Å². The van der Waals surface area contributed by atoms with Crippen molar-refractivity contribution in [1.29, 1.82) is 0 Å². The van der Waals surface area contributed by atoms with Gasteiger partial charge in [0.1, 0.15) is 0 Å². The second kappa shape index (κ2) is 12.8. The first-order valence-electron chi connectivity index (χ1n) is 10.9. The third kappa shape index (κ3) is 8.79. The van der Waals surface area contributed by atoms with E-state index in [9.17, 15) is 26.3 Å². The number of rotatable bonds is 5. The summed E-state index contributed by atoms with van der Waals surface area (Å²) < 4.78 is 82.0. The Morgan fingerprint density at radius 1 is 1.08 bits per heavy atom. The van der Waals surface area contributed by atoms with Crippen molar-refractivity contribution in [3.8, 4) is 11.5 Å². The zero-order valence-corrected chi connectivity index (χ0v) is 20.2. The van der Waals surface area contributed by atoms with Gasteiger partial charge in [-0.05, 0) is 24.6 Å². The molecule has 2 aliphatic heterocycles. The summed E-state index contributed by atoms with van der Waals surface area (Å²) in [6, 6.07) is 6.19. The molecule has 16 heteroatoms. The van der Waals surface area contributed by atoms with E-state index in [4.69, 9.17) is 34.0 Å². The Hall–Kier alpha value is -3.53. The average Bonchev–Trinajstić information content (AvgIpc) is 3.43. The first-order valence-corrected chi connectivity index (χ1v) is 10.9. The summed E-state index contributed by atoms with van der Waals surface area (Å²) in [5.41, 5.74) is 3.85. The number of hydrogen-bond acceptors (Lipinski definition) is 7. The number of carboxylic acid groups (broad SMARTS) is 2. The molecule has 0 saturated heterocycles. The lowest BCUT2D eigenvalue weighted by molar-refractivity contribution is -0.193. The fourth-order valence-corrected chi connectivity index (χ4v) is 3.52. The van der Waals surface area contributed by atoms with Crippen molar-refractivity contribution in [3.63, 3.8) is 0 Å². The number of nitrogens with zero attached hydrogens (tertiary/aromatic N) is 3. The summed E-state index contributed by atoms with van der Waals surface area (Å²) in [5.74, 6) is -3.46. The van der Waals surface area contributed by atoms with Crippen LogP contribution in [0.2, 0.25) is 0 Å². The Kier molecular flexibility index (Phi) is 10.4. The number of aryl methyl sites for hydroxylation is 1. The molecule has 1 aromatic heterocycles. The Labute approximate surface area is 212 Å². The molecule has 2 aromatic rings. The third-order valence-electron chi connectivity index (χ3n) is 5.24. The number of aliphatic carboxylic acids is 2. The molecule has 0 radical (unpaired) electrons. The third-order valence-corrected chi connectivity index (χ3v) is 5.24. The van der Waals surface area contributed by atoms with Gasteiger partial charge in [-0.2, -0.15) is 31.4 Å². The lowest BCUT2D eigenvalue weighted by Crippen LogP contribution is -2.35. The summed E-state index contributed by atoms with van der Waals surface area (Å²) >= 11 is 0. The highest BCUT2D eigenvalue weighted by atomic mass is 19.4. The van der Waals surface area contributed by atoms with E-state index in [1.165, 1.54) is 16.8 Å². The second-order valence-electron chi connectivity index (χ2n) is 7.99. The molecule has 212 valence electrons. The number of alkyl halides is 6. The fourth-order valence-electron chi connectivity index (χ4n) is 3.52. The second-order valence-corrected chi connectivity index (χ2v) is 7.99. The van der Waals surface area contributed by atoms with Gasteiger partial charge in [0.2, 0.25) is 6.79 Å². The van der Waals surface area contributed by atoms with Crippen molar-refractivity contribution in [1.82, 2.24) is 14.7 Å². The fraction of sp³-hybridized carbons (Fsp3) is 0.500. The van der Waals surface area contributed by atoms with Crippen LogP contribution in [-0.2, 0) is 34.5 Å². The number of aromatic nitrogens is 2. The van der Waals surface area contributed by atoms with Crippen LogP contribution in [-0.4, -0.2) is 75.7 Å². The number of fused-ring (bicyclic) bond motifs is 2. The molecule has 4 rings (SSSR count). The molecule has 1 aromatic carbocycles. The van der Waals surface area contributed by atoms with Gasteiger partial charge in [0.25, 0.3) is 0 Å². The largest absolute Gasteiger partial charge is 0.490 e. The predicted molar refractivity (Wildman–Crippen MR) is 117 cm³/mol. The van der Waals surface area contributed by atoms with Gasteiger partial charge in [-0.25, -0.2) is 9.59 Å². The van der Waals surface area contributed by atoms with E-state index >= 15 is 0 Å². The van der Waals surface area contributed by atoms with Gasteiger partial charge in [-0.3, -0.25) is 9.58 Å². The van der Waals surface area contributed by atoms with Crippen LogP contribution in [0.25, 0.3) is 0 Å². The smallest absolute Gasteiger partial charge is 0.475 e. The Morgan fingerprint density at radius 3 is 2.21 bits per heavy atom. The maximum atomic E-state index is 10.6. The molecule has 2 N–H and O–H groups in total. The summed E-state index contributed by atoms with van der Waals surface area (Å²) in [7, 11) is 2.01. The maximum Gasteiger partial charge on any atom is 0.490 e. The monoisotopic (exact) mass is 557 g/mol. The Balaban J connectivity index is 0.000000301. The van der Waals surface area contributed by atoms with E-state index in [0.717, 1.165) is 44.3 Å². The molecule has 1 unspecified atom stereocenters. The minimum absolute atomic E-state index is 0.317. The summed E-state index contributed by atoms with van der Waals surface area (Å²) in [5, 5.41) is 18.7. The molecule has 0 aliphatic carbocycles. The number of hydrogen-bond donors (Lipinski definition) is 2. The normalized spacial score (nSPS) is 16.5. The zero-order valence-electron chi connectivity index (χ0n) is 20.2. The molecule has 10 nitrogen and oxygen atoms in total. The Bertz CT molecular complexity index is 1080. The molecule has 3 heterocycles. The summed E-state index contributed by atoms with van der Waals surface area (Å²) in [6.07, 6.45) is -8.17. The number of halogens is 6. The molecule has 38 heavy (non-hydrogen) atoms. The molecule has 0 bridgehead atoms. The molecule has 1 atom stereocenters. The SMILES string of the molecule is CCOCC1CN(Cc2ccc3c(c2)OCO3)Cc2c1cnn2C.O=C(O)C(F)(F)F.O=C(O)C(F)(F)F. The van der Waals surface area contributed by atoms with Gasteiger partial charge in [-0.15, -0.1) is 0 Å². The van der Waals surface area contributed by atoms with Crippen LogP contribution in [0.3, 0.4) is 0 Å². The van der Waals surface area contributed by atoms with E-state index < -0.39 is 24.3 Å². The quantitative estimate of drug-likeness (QED) is 0.532. The van der Waals surface area contributed by atoms with Crippen LogP contribution in [0, 0.1) is 0 Å². The minimum Gasteiger partial charge on any atom is -0.475 e. The van der Waals surface area contributed by atoms with E-state index in [1.807, 2.05) is 30.9 Å². The highest BCUT2D eigenvalue weighted by Crippen LogP contribution is 2.34. The van der Waals surface area contributed by atoms with Gasteiger partial charge in [0, 0.05) is 44.8 Å². The van der Waals surface area contributed by atoms with Crippen LogP contribution < -0.4 is 9.47 Å². The Morgan fingerprint density at radius 2 is 1.66 bits per heavy atom. The van der Waals surface area contributed by atoms with E-state index in [-0.39, 0.29) is 0 Å². The van der Waals surface area contributed by atoms with Crippen LogP contribution >= 0.6 is 0 Å². The van der Waals surface area contributed by atoms with Crippen molar-refractivity contribution in [2.24, 2.45) is 7.05 Å². The van der Waals surface area contributed by atoms with Crippen LogP contribution in [0.1, 0.15) is 29.7 Å². The highest BCUT2D eigenvalue weighted by molar-refractivity contribution is 5.73. The lowest BCUT2D eigenvalue weighted by atomic mass is 9.95. The number of carboxylic acids is 2. The topological polar surface area (TPSA) is 123 Å². The van der Waals surface area contributed by atoms with Gasteiger partial charge >= 0.3 is 24.3 Å². The molecule has 0 saturated carbocycles. The number of benzene rings is 1. The van der Waals surface area contributed by atoms with Crippen molar-refractivity contribution < 1.29 is 60.4 Å². The van der Waals surface area contributed by atoms with Gasteiger partial charge in [-0.1, -0.05) is 6.07 Å². The van der Waals surface area contributed by atoms with E-state index in [2.05, 4.69) is 22.1 Å². The van der Waals surface area contributed by atoms with Crippen molar-refractivity contribution in [2.75, 3.05) is 26.6 Å². The molecule has 2 aliphatic rings. The summed E-state index contributed by atoms with van der Waals surface area (Å²) in [6.45, 7) is 6.61. The first-order chi connectivity index (χ1) is 17.6. The van der Waals surface area contributed by atoms with Crippen LogP contribution in [0.5, 0.6) is 11.5 Å². The van der Waals surface area contributed by atoms with Crippen LogP contribution in [0.4, 0.5) is 26.3 Å². The standard InChI is InChI=1S/C18H23N3O3.2C2HF3O2/c1-3-22-11-14-9-21(10-16-15(14)7-19-20(16)2)8-13-4-5-17-18(6-13)24-12-23-17;2*3-2(4,5)1(6)7/h4-7,14H,3,8-12H2,1-2H3;2*(H,6,7).